The molecule has 0 aromatic rings. The highest BCUT2D eigenvalue weighted by molar-refractivity contribution is 4.82. The Morgan fingerprint density at radius 3 is 2.58 bits per heavy atom. The molecule has 0 saturated carbocycles. The van der Waals surface area contributed by atoms with E-state index >= 15 is 0 Å². The van der Waals surface area contributed by atoms with Gasteiger partial charge in [0.25, 0.3) is 0 Å². The zero-order valence-corrected chi connectivity index (χ0v) is 8.30. The molecule has 3 nitrogen and oxygen atoms in total. The average Bonchev–Trinajstić information content (AvgIpc) is 2.04. The van der Waals surface area contributed by atoms with Crippen LogP contribution in [0.5, 0.6) is 0 Å². The van der Waals surface area contributed by atoms with Gasteiger partial charge in [-0.3, -0.25) is 0 Å². The third kappa shape index (κ3) is 6.14. The van der Waals surface area contributed by atoms with Gasteiger partial charge in [0.2, 0.25) is 0 Å². The number of hydrogen-bond donors (Lipinski definition) is 1. The number of nitrogens with zero attached hydrogens (tertiary/aromatic N) is 2. The molecule has 0 aromatic carbocycles. The summed E-state index contributed by atoms with van der Waals surface area (Å²) in [5.74, 6) is 0.173. The van der Waals surface area contributed by atoms with Crippen molar-refractivity contribution >= 4 is 0 Å². The quantitative estimate of drug-likeness (QED) is 0.594. The molecule has 70 valence electrons. The van der Waals surface area contributed by atoms with E-state index in [-0.39, 0.29) is 5.92 Å². The van der Waals surface area contributed by atoms with E-state index in [1.54, 1.807) is 0 Å². The highest BCUT2D eigenvalue weighted by Gasteiger charge is 2.01. The molecule has 0 aliphatic carbocycles. The fourth-order valence-electron chi connectivity index (χ4n) is 0.860. The molecule has 0 amide bonds. The molecule has 0 heterocycles. The SMILES string of the molecule is CCC(C#N)CNCCN(C)C. The summed E-state index contributed by atoms with van der Waals surface area (Å²) < 4.78 is 0. The number of rotatable bonds is 6. The van der Waals surface area contributed by atoms with E-state index < -0.39 is 0 Å². The number of nitrogens with one attached hydrogen (secondary N) is 1. The van der Waals surface area contributed by atoms with Crippen LogP contribution < -0.4 is 5.32 Å². The van der Waals surface area contributed by atoms with E-state index in [4.69, 9.17) is 5.26 Å². The van der Waals surface area contributed by atoms with Crippen LogP contribution >= 0.6 is 0 Å². The Hall–Kier alpha value is -0.590. The van der Waals surface area contributed by atoms with Crippen LogP contribution in [0.4, 0.5) is 0 Å². The normalized spacial score (nSPS) is 12.9. The maximum atomic E-state index is 8.63. The Labute approximate surface area is 75.4 Å². The molecule has 0 aliphatic heterocycles. The average molecular weight is 169 g/mol. The Bertz CT molecular complexity index is 137. The van der Waals surface area contributed by atoms with Gasteiger partial charge in [-0.05, 0) is 20.5 Å². The van der Waals surface area contributed by atoms with Crippen molar-refractivity contribution < 1.29 is 0 Å². The van der Waals surface area contributed by atoms with Crippen LogP contribution in [-0.2, 0) is 0 Å². The van der Waals surface area contributed by atoms with Crippen molar-refractivity contribution in [2.75, 3.05) is 33.7 Å². The summed E-state index contributed by atoms with van der Waals surface area (Å²) in [4.78, 5) is 2.13. The number of likely N-dealkylation sites (N-methyl/N-ethyl adjacent to an activating group) is 1. The van der Waals surface area contributed by atoms with Gasteiger partial charge in [-0.15, -0.1) is 0 Å². The Morgan fingerprint density at radius 2 is 2.17 bits per heavy atom. The molecule has 1 unspecified atom stereocenters. The first kappa shape index (κ1) is 11.4. The monoisotopic (exact) mass is 169 g/mol. The molecule has 3 heteroatoms. The van der Waals surface area contributed by atoms with Crippen LogP contribution in [0.1, 0.15) is 13.3 Å². The van der Waals surface area contributed by atoms with E-state index in [0.717, 1.165) is 26.1 Å². The third-order valence-corrected chi connectivity index (χ3v) is 1.80. The molecule has 0 rings (SSSR count). The van der Waals surface area contributed by atoms with Crippen molar-refractivity contribution in [3.63, 3.8) is 0 Å². The second kappa shape index (κ2) is 7.08. The predicted octanol–water partition coefficient (Wildman–Crippen LogP) is 0.687. The van der Waals surface area contributed by atoms with E-state index in [0.29, 0.717) is 0 Å². The van der Waals surface area contributed by atoms with Gasteiger partial charge in [0.1, 0.15) is 0 Å². The summed E-state index contributed by atoms with van der Waals surface area (Å²) in [7, 11) is 4.09. The molecular weight excluding hydrogens is 150 g/mol. The maximum absolute atomic E-state index is 8.63. The smallest absolute Gasteiger partial charge is 0.0669 e. The van der Waals surface area contributed by atoms with Crippen LogP contribution in [-0.4, -0.2) is 38.6 Å². The second-order valence-electron chi connectivity index (χ2n) is 3.24. The van der Waals surface area contributed by atoms with Gasteiger partial charge in [-0.1, -0.05) is 6.92 Å². The first-order valence-electron chi connectivity index (χ1n) is 4.45. The molecule has 0 radical (unpaired) electrons. The standard InChI is InChI=1S/C9H19N3/c1-4-9(7-10)8-11-5-6-12(2)3/h9,11H,4-6,8H2,1-3H3. The van der Waals surface area contributed by atoms with Crippen molar-refractivity contribution in [1.82, 2.24) is 10.2 Å². The lowest BCUT2D eigenvalue weighted by Gasteiger charge is -2.11. The molecule has 12 heavy (non-hydrogen) atoms. The lowest BCUT2D eigenvalue weighted by Crippen LogP contribution is -2.29. The topological polar surface area (TPSA) is 39.1 Å². The lowest BCUT2D eigenvalue weighted by atomic mass is 10.1. The lowest BCUT2D eigenvalue weighted by molar-refractivity contribution is 0.394. The first-order valence-corrected chi connectivity index (χ1v) is 4.45. The van der Waals surface area contributed by atoms with Crippen LogP contribution in [0.25, 0.3) is 0 Å². The zero-order valence-electron chi connectivity index (χ0n) is 8.30. The molecule has 0 aromatic heterocycles. The van der Waals surface area contributed by atoms with Crippen LogP contribution in [0.3, 0.4) is 0 Å². The van der Waals surface area contributed by atoms with E-state index in [9.17, 15) is 0 Å². The van der Waals surface area contributed by atoms with Crippen molar-refractivity contribution in [2.45, 2.75) is 13.3 Å². The summed E-state index contributed by atoms with van der Waals surface area (Å²) in [6.07, 6.45) is 0.936. The fraction of sp³-hybridized carbons (Fsp3) is 0.889. The molecule has 0 spiro atoms. The van der Waals surface area contributed by atoms with Crippen LogP contribution in [0.2, 0.25) is 0 Å². The Morgan fingerprint density at radius 1 is 1.50 bits per heavy atom. The summed E-state index contributed by atoms with van der Waals surface area (Å²) >= 11 is 0. The minimum atomic E-state index is 0.173. The highest BCUT2D eigenvalue weighted by atomic mass is 15.1. The molecule has 0 bridgehead atoms. The Balaban J connectivity index is 3.25. The van der Waals surface area contributed by atoms with Crippen molar-refractivity contribution in [2.24, 2.45) is 5.92 Å². The van der Waals surface area contributed by atoms with Crippen molar-refractivity contribution in [3.05, 3.63) is 0 Å². The van der Waals surface area contributed by atoms with Crippen molar-refractivity contribution in [3.8, 4) is 6.07 Å². The van der Waals surface area contributed by atoms with Gasteiger partial charge in [0.05, 0.1) is 12.0 Å². The number of nitriles is 1. The molecule has 1 N–H and O–H groups in total. The molecule has 0 saturated heterocycles. The second-order valence-corrected chi connectivity index (χ2v) is 3.24. The van der Waals surface area contributed by atoms with E-state index in [1.165, 1.54) is 0 Å². The van der Waals surface area contributed by atoms with Gasteiger partial charge in [0, 0.05) is 19.6 Å². The maximum Gasteiger partial charge on any atom is 0.0669 e. The predicted molar refractivity (Wildman–Crippen MR) is 50.8 cm³/mol. The third-order valence-electron chi connectivity index (χ3n) is 1.80. The van der Waals surface area contributed by atoms with Gasteiger partial charge in [0.15, 0.2) is 0 Å². The largest absolute Gasteiger partial charge is 0.314 e. The van der Waals surface area contributed by atoms with Gasteiger partial charge in [-0.25, -0.2) is 0 Å². The van der Waals surface area contributed by atoms with Crippen LogP contribution in [0.15, 0.2) is 0 Å². The first-order chi connectivity index (χ1) is 5.70. The van der Waals surface area contributed by atoms with Gasteiger partial charge < -0.3 is 10.2 Å². The zero-order chi connectivity index (χ0) is 9.40. The van der Waals surface area contributed by atoms with E-state index in [1.807, 2.05) is 21.0 Å². The summed E-state index contributed by atoms with van der Waals surface area (Å²) in [5.41, 5.74) is 0. The number of hydrogen-bond acceptors (Lipinski definition) is 3. The van der Waals surface area contributed by atoms with Gasteiger partial charge >= 0.3 is 0 Å². The van der Waals surface area contributed by atoms with Gasteiger partial charge in [-0.2, -0.15) is 5.26 Å². The molecule has 0 aliphatic rings. The minimum Gasteiger partial charge on any atom is -0.314 e. The summed E-state index contributed by atoms with van der Waals surface area (Å²) in [5, 5.41) is 11.9. The fourth-order valence-corrected chi connectivity index (χ4v) is 0.860. The summed E-state index contributed by atoms with van der Waals surface area (Å²) in [6.45, 7) is 4.86. The minimum absolute atomic E-state index is 0.173. The molecular formula is C9H19N3. The highest BCUT2D eigenvalue weighted by Crippen LogP contribution is 1.96. The summed E-state index contributed by atoms with van der Waals surface area (Å²) in [6, 6.07) is 2.26. The van der Waals surface area contributed by atoms with E-state index in [2.05, 4.69) is 16.3 Å². The van der Waals surface area contributed by atoms with Crippen LogP contribution in [0, 0.1) is 17.2 Å². The van der Waals surface area contributed by atoms with Crippen molar-refractivity contribution in [1.29, 1.82) is 5.26 Å². The molecule has 1 atom stereocenters. The Kier molecular flexibility index (Phi) is 6.73. The molecule has 0 fully saturated rings.